The zero-order chi connectivity index (χ0) is 22.7. The molecule has 0 amide bonds. The monoisotopic (exact) mass is 488 g/mol. The third-order valence-corrected chi connectivity index (χ3v) is 4.91. The zero-order valence-corrected chi connectivity index (χ0v) is 17.7. The largest absolute Gasteiger partial charge is 0.493 e. The van der Waals surface area contributed by atoms with Gasteiger partial charge in [-0.2, -0.15) is 0 Å². The summed E-state index contributed by atoms with van der Waals surface area (Å²) in [6.07, 6.45) is 0. The fourth-order valence-corrected chi connectivity index (χ4v) is 3.57. The second kappa shape index (κ2) is 8.92. The number of rotatable bonds is 7. The molecular formula is C21H17BrN2O7. The smallest absolute Gasteiger partial charge is 0.342 e. The molecule has 0 spiro atoms. The van der Waals surface area contributed by atoms with Crippen molar-refractivity contribution in [3.63, 3.8) is 0 Å². The van der Waals surface area contributed by atoms with Gasteiger partial charge >= 0.3 is 11.9 Å². The minimum Gasteiger partial charge on any atom is -0.493 e. The summed E-state index contributed by atoms with van der Waals surface area (Å²) < 4.78 is 12.1. The molecule has 0 saturated heterocycles. The number of H-pyrrole nitrogens is 1. The van der Waals surface area contributed by atoms with Gasteiger partial charge in [0.1, 0.15) is 23.6 Å². The number of halogens is 1. The first-order chi connectivity index (χ1) is 14.7. The van der Waals surface area contributed by atoms with Crippen LogP contribution in [0.4, 0.5) is 5.82 Å². The van der Waals surface area contributed by atoms with Gasteiger partial charge < -0.3 is 30.4 Å². The number of hydrogen-bond acceptors (Lipinski definition) is 6. The van der Waals surface area contributed by atoms with Crippen molar-refractivity contribution in [2.45, 2.75) is 6.61 Å². The number of methoxy groups -OCH3 is 1. The average molecular weight is 489 g/mol. The quantitative estimate of drug-likeness (QED) is 0.394. The number of carboxylic acids is 2. The van der Waals surface area contributed by atoms with E-state index in [9.17, 15) is 24.6 Å². The Morgan fingerprint density at radius 3 is 2.39 bits per heavy atom. The number of carbonyl (C=O) groups is 2. The van der Waals surface area contributed by atoms with E-state index in [1.54, 1.807) is 6.07 Å². The number of para-hydroxylation sites is 1. The highest BCUT2D eigenvalue weighted by Gasteiger charge is 2.29. The summed E-state index contributed by atoms with van der Waals surface area (Å²) in [5, 5.41) is 19.3. The van der Waals surface area contributed by atoms with Crippen molar-refractivity contribution in [2.24, 2.45) is 0 Å². The fourth-order valence-electron chi connectivity index (χ4n) is 3.12. The zero-order valence-electron chi connectivity index (χ0n) is 16.1. The summed E-state index contributed by atoms with van der Waals surface area (Å²) in [5.41, 5.74) is 3.82. The molecule has 1 heterocycles. The van der Waals surface area contributed by atoms with E-state index < -0.39 is 34.4 Å². The molecule has 0 fully saturated rings. The van der Waals surface area contributed by atoms with Crippen molar-refractivity contribution in [1.29, 1.82) is 0 Å². The maximum absolute atomic E-state index is 12.3. The molecule has 0 atom stereocenters. The van der Waals surface area contributed by atoms with Gasteiger partial charge in [0.15, 0.2) is 11.5 Å². The van der Waals surface area contributed by atoms with Crippen molar-refractivity contribution < 1.29 is 29.3 Å². The number of carboxylic acid groups (broad SMARTS) is 2. The first-order valence-electron chi connectivity index (χ1n) is 8.81. The summed E-state index contributed by atoms with van der Waals surface area (Å²) in [6, 6.07) is 11.8. The summed E-state index contributed by atoms with van der Waals surface area (Å²) >= 11 is 3.37. The van der Waals surface area contributed by atoms with Gasteiger partial charge in [-0.15, -0.1) is 0 Å². The van der Waals surface area contributed by atoms with Crippen molar-refractivity contribution in [1.82, 2.24) is 4.98 Å². The fraction of sp³-hybridized carbons (Fsp3) is 0.0952. The summed E-state index contributed by atoms with van der Waals surface area (Å²) in [4.78, 5) is 38.2. The normalized spacial score (nSPS) is 10.5. The Morgan fingerprint density at radius 1 is 1.10 bits per heavy atom. The van der Waals surface area contributed by atoms with Crippen LogP contribution >= 0.6 is 15.9 Å². The topological polar surface area (TPSA) is 152 Å². The molecule has 10 heteroatoms. The van der Waals surface area contributed by atoms with E-state index in [1.165, 1.54) is 19.2 Å². The third-order valence-electron chi connectivity index (χ3n) is 4.41. The van der Waals surface area contributed by atoms with Gasteiger partial charge in [0.05, 0.1) is 7.11 Å². The van der Waals surface area contributed by atoms with Gasteiger partial charge in [0.25, 0.3) is 5.56 Å². The minimum absolute atomic E-state index is 0.0435. The maximum Gasteiger partial charge on any atom is 0.342 e. The van der Waals surface area contributed by atoms with Crippen molar-refractivity contribution in [3.8, 4) is 22.6 Å². The summed E-state index contributed by atoms with van der Waals surface area (Å²) in [7, 11) is 1.38. The standard InChI is InChI=1S/C21H17BrN2O7/c1-30-13-7-3-6-12(17(13)31-9-10-4-2-5-11(22)8-10)14-15(20(26)27)18(23)24-19(25)16(14)21(28)29/h2-8H,9H2,1H3,(H,26,27)(H,28,29)(H3,23,24,25). The second-order valence-corrected chi connectivity index (χ2v) is 7.27. The van der Waals surface area contributed by atoms with E-state index >= 15 is 0 Å². The molecule has 160 valence electrons. The number of aromatic nitrogens is 1. The Morgan fingerprint density at radius 2 is 1.77 bits per heavy atom. The molecule has 9 nitrogen and oxygen atoms in total. The molecule has 0 aliphatic carbocycles. The Balaban J connectivity index is 2.28. The number of ether oxygens (including phenoxy) is 2. The number of aromatic amines is 1. The van der Waals surface area contributed by atoms with Crippen LogP contribution in [-0.4, -0.2) is 34.2 Å². The first kappa shape index (κ1) is 21.9. The number of aromatic carboxylic acids is 2. The average Bonchev–Trinajstić information content (AvgIpc) is 2.70. The van der Waals surface area contributed by atoms with Crippen LogP contribution in [0.2, 0.25) is 0 Å². The molecule has 0 saturated carbocycles. The molecule has 3 rings (SSSR count). The second-order valence-electron chi connectivity index (χ2n) is 6.36. The van der Waals surface area contributed by atoms with Gasteiger partial charge in [0.2, 0.25) is 0 Å². The van der Waals surface area contributed by atoms with Gasteiger partial charge in [-0.3, -0.25) is 4.79 Å². The molecule has 1 aromatic heterocycles. The summed E-state index contributed by atoms with van der Waals surface area (Å²) in [5.74, 6) is -3.30. The Labute approximate surface area is 184 Å². The number of nitrogen functional groups attached to an aromatic ring is 1. The molecule has 0 bridgehead atoms. The van der Waals surface area contributed by atoms with Crippen molar-refractivity contribution in [2.75, 3.05) is 12.8 Å². The lowest BCUT2D eigenvalue weighted by molar-refractivity contribution is 0.0695. The van der Waals surface area contributed by atoms with E-state index in [0.29, 0.717) is 0 Å². The minimum atomic E-state index is -1.61. The SMILES string of the molecule is COc1cccc(-c2c(C(=O)O)c(N)[nH]c(=O)c2C(=O)O)c1OCc1cccc(Br)c1. The van der Waals surface area contributed by atoms with Crippen LogP contribution in [0.15, 0.2) is 51.7 Å². The highest BCUT2D eigenvalue weighted by molar-refractivity contribution is 9.10. The molecule has 3 aromatic rings. The number of anilines is 1. The predicted octanol–water partition coefficient (Wildman–Crippen LogP) is 3.37. The molecule has 5 N–H and O–H groups in total. The van der Waals surface area contributed by atoms with Crippen LogP contribution in [0.5, 0.6) is 11.5 Å². The number of nitrogens with one attached hydrogen (secondary N) is 1. The third kappa shape index (κ3) is 4.38. The maximum atomic E-state index is 12.3. The molecule has 0 aliphatic heterocycles. The lowest BCUT2D eigenvalue weighted by atomic mass is 9.94. The van der Waals surface area contributed by atoms with Crippen molar-refractivity contribution in [3.05, 3.63) is 74.0 Å². The Kier molecular flexibility index (Phi) is 6.30. The lowest BCUT2D eigenvalue weighted by Gasteiger charge is -2.18. The van der Waals surface area contributed by atoms with Crippen LogP contribution in [0.1, 0.15) is 26.3 Å². The van der Waals surface area contributed by atoms with E-state index in [4.69, 9.17) is 15.2 Å². The van der Waals surface area contributed by atoms with E-state index in [2.05, 4.69) is 20.9 Å². The molecule has 0 unspecified atom stereocenters. The molecule has 0 aliphatic rings. The van der Waals surface area contributed by atoms with Crippen LogP contribution in [-0.2, 0) is 6.61 Å². The molecule has 2 aromatic carbocycles. The number of benzene rings is 2. The highest BCUT2D eigenvalue weighted by atomic mass is 79.9. The number of pyridine rings is 1. The van der Waals surface area contributed by atoms with Crippen LogP contribution < -0.4 is 20.8 Å². The molecule has 0 radical (unpaired) electrons. The highest BCUT2D eigenvalue weighted by Crippen LogP contribution is 2.41. The first-order valence-corrected chi connectivity index (χ1v) is 9.60. The predicted molar refractivity (Wildman–Crippen MR) is 116 cm³/mol. The lowest BCUT2D eigenvalue weighted by Crippen LogP contribution is -2.24. The van der Waals surface area contributed by atoms with Crippen molar-refractivity contribution >= 4 is 33.7 Å². The number of nitrogens with two attached hydrogens (primary N) is 1. The van der Waals surface area contributed by atoms with E-state index in [0.717, 1.165) is 10.0 Å². The van der Waals surface area contributed by atoms with Crippen LogP contribution in [0, 0.1) is 0 Å². The van der Waals surface area contributed by atoms with Gasteiger partial charge in [0, 0.05) is 15.6 Å². The van der Waals surface area contributed by atoms with E-state index in [1.807, 2.05) is 24.3 Å². The van der Waals surface area contributed by atoms with Gasteiger partial charge in [-0.1, -0.05) is 40.2 Å². The van der Waals surface area contributed by atoms with Gasteiger partial charge in [-0.25, -0.2) is 9.59 Å². The van der Waals surface area contributed by atoms with Crippen LogP contribution in [0.3, 0.4) is 0 Å². The number of hydrogen-bond donors (Lipinski definition) is 4. The Hall–Kier alpha value is -3.79. The molecule has 31 heavy (non-hydrogen) atoms. The Bertz CT molecular complexity index is 1240. The van der Waals surface area contributed by atoms with Crippen LogP contribution in [0.25, 0.3) is 11.1 Å². The van der Waals surface area contributed by atoms with Gasteiger partial charge in [-0.05, 0) is 23.8 Å². The summed E-state index contributed by atoms with van der Waals surface area (Å²) in [6.45, 7) is 0.0658. The molecular weight excluding hydrogens is 472 g/mol. The van der Waals surface area contributed by atoms with E-state index in [-0.39, 0.29) is 29.2 Å².